The summed E-state index contributed by atoms with van der Waals surface area (Å²) in [7, 11) is 1.49. The van der Waals surface area contributed by atoms with Gasteiger partial charge in [0, 0.05) is 12.6 Å². The molecule has 1 amide bonds. The molecule has 1 N–H and O–H groups in total. The SMILES string of the molecule is CCC=C(C)C(=O)N(C)C(C)C(=O)O. The molecule has 80 valence electrons. The van der Waals surface area contributed by atoms with Crippen LogP contribution in [0.15, 0.2) is 11.6 Å². The predicted molar refractivity (Wildman–Crippen MR) is 53.9 cm³/mol. The molecule has 0 aliphatic heterocycles. The fraction of sp³-hybridized carbons (Fsp3) is 0.600. The van der Waals surface area contributed by atoms with E-state index >= 15 is 0 Å². The fourth-order valence-corrected chi connectivity index (χ4v) is 1.01. The van der Waals surface area contributed by atoms with E-state index in [-0.39, 0.29) is 5.91 Å². The molecule has 0 aromatic carbocycles. The smallest absolute Gasteiger partial charge is 0.326 e. The molecule has 4 heteroatoms. The summed E-state index contributed by atoms with van der Waals surface area (Å²) in [5, 5.41) is 8.70. The van der Waals surface area contributed by atoms with Crippen molar-refractivity contribution in [3.63, 3.8) is 0 Å². The highest BCUT2D eigenvalue weighted by atomic mass is 16.4. The minimum atomic E-state index is -0.995. The Morgan fingerprint density at radius 2 is 2.00 bits per heavy atom. The highest BCUT2D eigenvalue weighted by Crippen LogP contribution is 2.04. The summed E-state index contributed by atoms with van der Waals surface area (Å²) < 4.78 is 0. The number of carboxylic acids is 1. The van der Waals surface area contributed by atoms with Gasteiger partial charge in [0.2, 0.25) is 5.91 Å². The van der Waals surface area contributed by atoms with Crippen molar-refractivity contribution in [2.45, 2.75) is 33.2 Å². The third-order valence-corrected chi connectivity index (χ3v) is 2.11. The summed E-state index contributed by atoms with van der Waals surface area (Å²) in [6.07, 6.45) is 2.56. The fourth-order valence-electron chi connectivity index (χ4n) is 1.01. The Morgan fingerprint density at radius 3 is 2.36 bits per heavy atom. The number of hydrogen-bond donors (Lipinski definition) is 1. The molecule has 0 aliphatic carbocycles. The van der Waals surface area contributed by atoms with E-state index in [0.29, 0.717) is 5.57 Å². The van der Waals surface area contributed by atoms with Crippen molar-refractivity contribution in [2.75, 3.05) is 7.05 Å². The van der Waals surface area contributed by atoms with Gasteiger partial charge in [0.1, 0.15) is 6.04 Å². The number of likely N-dealkylation sites (N-methyl/N-ethyl adjacent to an activating group) is 1. The Bertz CT molecular complexity index is 258. The van der Waals surface area contributed by atoms with Crippen molar-refractivity contribution < 1.29 is 14.7 Å². The van der Waals surface area contributed by atoms with Crippen molar-refractivity contribution >= 4 is 11.9 Å². The van der Waals surface area contributed by atoms with E-state index in [0.717, 1.165) is 6.42 Å². The first-order valence-electron chi connectivity index (χ1n) is 4.58. The molecular formula is C10H17NO3. The van der Waals surface area contributed by atoms with Crippen LogP contribution in [-0.2, 0) is 9.59 Å². The van der Waals surface area contributed by atoms with E-state index < -0.39 is 12.0 Å². The highest BCUT2D eigenvalue weighted by Gasteiger charge is 2.21. The standard InChI is InChI=1S/C10H17NO3/c1-5-6-7(2)9(12)11(4)8(3)10(13)14/h6,8H,5H2,1-4H3,(H,13,14). The van der Waals surface area contributed by atoms with E-state index in [2.05, 4.69) is 0 Å². The molecule has 4 nitrogen and oxygen atoms in total. The zero-order valence-corrected chi connectivity index (χ0v) is 9.07. The van der Waals surface area contributed by atoms with Gasteiger partial charge in [-0.05, 0) is 20.3 Å². The number of nitrogens with zero attached hydrogens (tertiary/aromatic N) is 1. The third kappa shape index (κ3) is 3.20. The topological polar surface area (TPSA) is 57.6 Å². The highest BCUT2D eigenvalue weighted by molar-refractivity contribution is 5.95. The van der Waals surface area contributed by atoms with Crippen LogP contribution in [0.3, 0.4) is 0 Å². The van der Waals surface area contributed by atoms with Gasteiger partial charge in [0.15, 0.2) is 0 Å². The largest absolute Gasteiger partial charge is 0.480 e. The molecule has 0 fully saturated rings. The van der Waals surface area contributed by atoms with Crippen LogP contribution >= 0.6 is 0 Å². The lowest BCUT2D eigenvalue weighted by Crippen LogP contribution is -2.40. The van der Waals surface area contributed by atoms with Crippen molar-refractivity contribution in [2.24, 2.45) is 0 Å². The number of carboxylic acid groups (broad SMARTS) is 1. The molecule has 14 heavy (non-hydrogen) atoms. The maximum Gasteiger partial charge on any atom is 0.326 e. The Hall–Kier alpha value is -1.32. The Kier molecular flexibility index (Phi) is 4.91. The summed E-state index contributed by atoms with van der Waals surface area (Å²) >= 11 is 0. The second-order valence-electron chi connectivity index (χ2n) is 3.23. The molecular weight excluding hydrogens is 182 g/mol. The molecule has 0 spiro atoms. The molecule has 1 atom stereocenters. The Balaban J connectivity index is 4.54. The van der Waals surface area contributed by atoms with Crippen LogP contribution in [0.2, 0.25) is 0 Å². The maximum absolute atomic E-state index is 11.6. The van der Waals surface area contributed by atoms with Crippen LogP contribution in [0.5, 0.6) is 0 Å². The summed E-state index contributed by atoms with van der Waals surface area (Å²) in [6, 6.07) is -0.789. The number of aliphatic carboxylic acids is 1. The van der Waals surface area contributed by atoms with E-state index in [1.165, 1.54) is 18.9 Å². The van der Waals surface area contributed by atoms with Gasteiger partial charge in [-0.1, -0.05) is 13.0 Å². The first-order chi connectivity index (χ1) is 6.41. The molecule has 0 aromatic rings. The van der Waals surface area contributed by atoms with Crippen LogP contribution in [0.1, 0.15) is 27.2 Å². The number of carbonyl (C=O) groups is 2. The summed E-state index contributed by atoms with van der Waals surface area (Å²) in [5.74, 6) is -1.23. The molecule has 0 radical (unpaired) electrons. The first kappa shape index (κ1) is 12.7. The lowest BCUT2D eigenvalue weighted by Gasteiger charge is -2.21. The van der Waals surface area contributed by atoms with Crippen molar-refractivity contribution in [3.05, 3.63) is 11.6 Å². The van der Waals surface area contributed by atoms with Crippen LogP contribution in [-0.4, -0.2) is 35.0 Å². The van der Waals surface area contributed by atoms with Gasteiger partial charge >= 0.3 is 5.97 Å². The van der Waals surface area contributed by atoms with Crippen LogP contribution < -0.4 is 0 Å². The van der Waals surface area contributed by atoms with Gasteiger partial charge in [0.25, 0.3) is 0 Å². The average Bonchev–Trinajstić information content (AvgIpc) is 2.14. The zero-order chi connectivity index (χ0) is 11.3. The van der Waals surface area contributed by atoms with Crippen molar-refractivity contribution in [1.29, 1.82) is 0 Å². The Labute approximate surface area is 84.2 Å². The summed E-state index contributed by atoms with van der Waals surface area (Å²) in [4.78, 5) is 23.4. The van der Waals surface area contributed by atoms with Crippen molar-refractivity contribution in [3.8, 4) is 0 Å². The van der Waals surface area contributed by atoms with E-state index in [1.807, 2.05) is 6.92 Å². The van der Waals surface area contributed by atoms with Crippen LogP contribution in [0.25, 0.3) is 0 Å². The second-order valence-corrected chi connectivity index (χ2v) is 3.23. The van der Waals surface area contributed by atoms with Gasteiger partial charge in [0.05, 0.1) is 0 Å². The number of allylic oxidation sites excluding steroid dienone is 1. The molecule has 0 heterocycles. The van der Waals surface area contributed by atoms with Gasteiger partial charge in [-0.15, -0.1) is 0 Å². The predicted octanol–water partition coefficient (Wildman–Crippen LogP) is 1.27. The number of amides is 1. The second kappa shape index (κ2) is 5.42. The maximum atomic E-state index is 11.6. The molecule has 0 rings (SSSR count). The lowest BCUT2D eigenvalue weighted by atomic mass is 10.2. The zero-order valence-electron chi connectivity index (χ0n) is 9.07. The molecule has 0 bridgehead atoms. The number of rotatable bonds is 4. The minimum Gasteiger partial charge on any atom is -0.480 e. The normalized spacial score (nSPS) is 13.6. The molecule has 0 aliphatic rings. The summed E-state index contributed by atoms with van der Waals surface area (Å²) in [6.45, 7) is 5.10. The van der Waals surface area contributed by atoms with Gasteiger partial charge in [-0.25, -0.2) is 4.79 Å². The Morgan fingerprint density at radius 1 is 1.50 bits per heavy atom. The monoisotopic (exact) mass is 199 g/mol. The quantitative estimate of drug-likeness (QED) is 0.694. The number of carbonyl (C=O) groups excluding carboxylic acids is 1. The van der Waals surface area contributed by atoms with E-state index in [9.17, 15) is 9.59 Å². The molecule has 0 aromatic heterocycles. The average molecular weight is 199 g/mol. The van der Waals surface area contributed by atoms with Crippen LogP contribution in [0.4, 0.5) is 0 Å². The molecule has 0 saturated heterocycles. The first-order valence-corrected chi connectivity index (χ1v) is 4.58. The van der Waals surface area contributed by atoms with E-state index in [1.54, 1.807) is 13.0 Å². The molecule has 0 saturated carbocycles. The number of hydrogen-bond acceptors (Lipinski definition) is 2. The van der Waals surface area contributed by atoms with Crippen molar-refractivity contribution in [1.82, 2.24) is 4.90 Å². The van der Waals surface area contributed by atoms with Gasteiger partial charge in [-0.3, -0.25) is 4.79 Å². The van der Waals surface area contributed by atoms with Gasteiger partial charge < -0.3 is 10.0 Å². The summed E-state index contributed by atoms with van der Waals surface area (Å²) in [5.41, 5.74) is 0.586. The molecule has 1 unspecified atom stereocenters. The van der Waals surface area contributed by atoms with Gasteiger partial charge in [-0.2, -0.15) is 0 Å². The lowest BCUT2D eigenvalue weighted by molar-refractivity contribution is -0.146. The van der Waals surface area contributed by atoms with E-state index in [4.69, 9.17) is 5.11 Å². The third-order valence-electron chi connectivity index (χ3n) is 2.11. The minimum absolute atomic E-state index is 0.234. The van der Waals surface area contributed by atoms with Crippen LogP contribution in [0, 0.1) is 0 Å².